The molecule has 25 heavy (non-hydrogen) atoms. The van der Waals surface area contributed by atoms with Crippen LogP contribution in [0.15, 0.2) is 36.5 Å². The quantitative estimate of drug-likeness (QED) is 0.848. The molecule has 0 spiro atoms. The number of aryl methyl sites for hydroxylation is 2. The standard InChI is InChI=1S/C19H27N5O/c1-15-18(14-23(2)22-15)21-19(25)20-12-17-9-11-24(13-17)10-8-16-6-4-3-5-7-16/h3-7,14,17H,8-13H2,1-2H3,(H2,20,21,25). The third-order valence-electron chi connectivity index (χ3n) is 4.74. The van der Waals surface area contributed by atoms with Crippen LogP contribution in [0.25, 0.3) is 0 Å². The van der Waals surface area contributed by atoms with Crippen LogP contribution in [-0.4, -0.2) is 46.9 Å². The lowest BCUT2D eigenvalue weighted by molar-refractivity contribution is 0.249. The Morgan fingerprint density at radius 2 is 2.12 bits per heavy atom. The molecular formula is C19H27N5O. The van der Waals surface area contributed by atoms with E-state index in [1.807, 2.05) is 20.2 Å². The number of hydrogen-bond donors (Lipinski definition) is 2. The smallest absolute Gasteiger partial charge is 0.319 e. The summed E-state index contributed by atoms with van der Waals surface area (Å²) in [6.07, 6.45) is 4.04. The predicted octanol–water partition coefficient (Wildman–Crippen LogP) is 2.41. The number of hydrogen-bond acceptors (Lipinski definition) is 3. The van der Waals surface area contributed by atoms with Crippen molar-refractivity contribution in [2.75, 3.05) is 31.5 Å². The van der Waals surface area contributed by atoms with Crippen LogP contribution in [0.5, 0.6) is 0 Å². The topological polar surface area (TPSA) is 62.2 Å². The van der Waals surface area contributed by atoms with Gasteiger partial charge in [-0.25, -0.2) is 4.79 Å². The third-order valence-corrected chi connectivity index (χ3v) is 4.74. The number of nitrogens with one attached hydrogen (secondary N) is 2. The first kappa shape index (κ1) is 17.5. The second-order valence-corrected chi connectivity index (χ2v) is 6.83. The molecule has 1 aromatic carbocycles. The van der Waals surface area contributed by atoms with Gasteiger partial charge in [0.05, 0.1) is 11.4 Å². The van der Waals surface area contributed by atoms with Crippen molar-refractivity contribution < 1.29 is 4.79 Å². The molecule has 2 heterocycles. The second-order valence-electron chi connectivity index (χ2n) is 6.83. The van der Waals surface area contributed by atoms with Crippen molar-refractivity contribution in [2.45, 2.75) is 19.8 Å². The zero-order valence-electron chi connectivity index (χ0n) is 15.0. The molecule has 0 saturated carbocycles. The van der Waals surface area contributed by atoms with Gasteiger partial charge < -0.3 is 15.5 Å². The summed E-state index contributed by atoms with van der Waals surface area (Å²) in [5, 5.41) is 10.1. The summed E-state index contributed by atoms with van der Waals surface area (Å²) < 4.78 is 1.70. The van der Waals surface area contributed by atoms with Gasteiger partial charge in [-0.1, -0.05) is 30.3 Å². The summed E-state index contributed by atoms with van der Waals surface area (Å²) in [4.78, 5) is 14.5. The van der Waals surface area contributed by atoms with Crippen molar-refractivity contribution in [1.29, 1.82) is 0 Å². The van der Waals surface area contributed by atoms with Crippen LogP contribution < -0.4 is 10.6 Å². The number of rotatable bonds is 6. The van der Waals surface area contributed by atoms with Crippen molar-refractivity contribution in [3.05, 3.63) is 47.8 Å². The highest BCUT2D eigenvalue weighted by atomic mass is 16.2. The van der Waals surface area contributed by atoms with Crippen LogP contribution in [0, 0.1) is 12.8 Å². The van der Waals surface area contributed by atoms with Gasteiger partial charge in [-0.05, 0) is 37.8 Å². The average Bonchev–Trinajstić information content (AvgIpc) is 3.18. The molecule has 6 nitrogen and oxygen atoms in total. The number of carbonyl (C=O) groups excluding carboxylic acids is 1. The Morgan fingerprint density at radius 1 is 1.32 bits per heavy atom. The van der Waals surface area contributed by atoms with Crippen LogP contribution in [0.4, 0.5) is 10.5 Å². The van der Waals surface area contributed by atoms with Crippen molar-refractivity contribution in [3.8, 4) is 0 Å². The monoisotopic (exact) mass is 341 g/mol. The first-order valence-corrected chi connectivity index (χ1v) is 8.91. The lowest BCUT2D eigenvalue weighted by Crippen LogP contribution is -2.34. The lowest BCUT2D eigenvalue weighted by atomic mass is 10.1. The number of benzene rings is 1. The molecule has 0 radical (unpaired) electrons. The molecule has 1 aromatic heterocycles. The first-order chi connectivity index (χ1) is 12.1. The highest BCUT2D eigenvalue weighted by molar-refractivity contribution is 5.89. The van der Waals surface area contributed by atoms with Gasteiger partial charge in [0.1, 0.15) is 0 Å². The maximum absolute atomic E-state index is 12.1. The number of anilines is 1. The Kier molecular flexibility index (Phi) is 5.71. The van der Waals surface area contributed by atoms with Crippen LogP contribution >= 0.6 is 0 Å². The van der Waals surface area contributed by atoms with Gasteiger partial charge in [-0.2, -0.15) is 5.10 Å². The lowest BCUT2D eigenvalue weighted by Gasteiger charge is -2.16. The predicted molar refractivity (Wildman–Crippen MR) is 99.7 cm³/mol. The molecule has 2 N–H and O–H groups in total. The number of amides is 2. The van der Waals surface area contributed by atoms with Crippen LogP contribution in [0.3, 0.4) is 0 Å². The normalized spacial score (nSPS) is 17.6. The summed E-state index contributed by atoms with van der Waals surface area (Å²) in [7, 11) is 1.85. The number of nitrogens with zero attached hydrogens (tertiary/aromatic N) is 3. The highest BCUT2D eigenvalue weighted by Crippen LogP contribution is 2.16. The number of aromatic nitrogens is 2. The second kappa shape index (κ2) is 8.16. The van der Waals surface area contributed by atoms with Gasteiger partial charge in [0.2, 0.25) is 0 Å². The summed E-state index contributed by atoms with van der Waals surface area (Å²) in [5.74, 6) is 0.525. The Bertz CT molecular complexity index is 697. The summed E-state index contributed by atoms with van der Waals surface area (Å²) in [6.45, 7) is 5.85. The van der Waals surface area contributed by atoms with E-state index in [1.165, 1.54) is 5.56 Å². The highest BCUT2D eigenvalue weighted by Gasteiger charge is 2.22. The minimum absolute atomic E-state index is 0.154. The van der Waals surface area contributed by atoms with E-state index in [0.717, 1.165) is 43.9 Å². The Balaban J connectivity index is 1.36. The van der Waals surface area contributed by atoms with E-state index in [2.05, 4.69) is 51.0 Å². The van der Waals surface area contributed by atoms with E-state index in [1.54, 1.807) is 4.68 Å². The van der Waals surface area contributed by atoms with Gasteiger partial charge in [0.15, 0.2) is 0 Å². The number of carbonyl (C=O) groups is 1. The minimum Gasteiger partial charge on any atom is -0.338 e. The molecule has 0 aliphatic carbocycles. The summed E-state index contributed by atoms with van der Waals surface area (Å²) >= 11 is 0. The molecule has 2 amide bonds. The van der Waals surface area contributed by atoms with Gasteiger partial charge in [-0.3, -0.25) is 4.68 Å². The Morgan fingerprint density at radius 3 is 2.84 bits per heavy atom. The van der Waals surface area contributed by atoms with Crippen molar-refractivity contribution in [2.24, 2.45) is 13.0 Å². The molecule has 0 bridgehead atoms. The summed E-state index contributed by atoms with van der Waals surface area (Å²) in [6, 6.07) is 10.4. The van der Waals surface area contributed by atoms with Gasteiger partial charge >= 0.3 is 6.03 Å². The molecule has 1 aliphatic heterocycles. The van der Waals surface area contributed by atoms with E-state index >= 15 is 0 Å². The van der Waals surface area contributed by atoms with Crippen LogP contribution in [-0.2, 0) is 13.5 Å². The first-order valence-electron chi connectivity index (χ1n) is 8.91. The Hall–Kier alpha value is -2.34. The van der Waals surface area contributed by atoms with E-state index in [9.17, 15) is 4.79 Å². The zero-order chi connectivity index (χ0) is 17.6. The van der Waals surface area contributed by atoms with E-state index in [4.69, 9.17) is 0 Å². The van der Waals surface area contributed by atoms with E-state index in [0.29, 0.717) is 12.5 Å². The fourth-order valence-corrected chi connectivity index (χ4v) is 3.34. The molecule has 1 unspecified atom stereocenters. The number of likely N-dealkylation sites (tertiary alicyclic amines) is 1. The largest absolute Gasteiger partial charge is 0.338 e. The van der Waals surface area contributed by atoms with Gasteiger partial charge in [0.25, 0.3) is 0 Å². The van der Waals surface area contributed by atoms with Crippen molar-refractivity contribution >= 4 is 11.7 Å². The Labute approximate surface area is 149 Å². The third kappa shape index (κ3) is 5.06. The molecule has 1 fully saturated rings. The number of urea groups is 1. The van der Waals surface area contributed by atoms with E-state index < -0.39 is 0 Å². The summed E-state index contributed by atoms with van der Waals surface area (Å²) in [5.41, 5.74) is 2.97. The molecule has 1 atom stereocenters. The van der Waals surface area contributed by atoms with Gasteiger partial charge in [-0.15, -0.1) is 0 Å². The molecule has 1 aliphatic rings. The molecule has 1 saturated heterocycles. The van der Waals surface area contributed by atoms with Crippen LogP contribution in [0.1, 0.15) is 17.7 Å². The average molecular weight is 341 g/mol. The maximum atomic E-state index is 12.1. The SMILES string of the molecule is Cc1nn(C)cc1NC(=O)NCC1CCN(CCc2ccccc2)C1. The van der Waals surface area contributed by atoms with Crippen molar-refractivity contribution in [1.82, 2.24) is 20.0 Å². The fraction of sp³-hybridized carbons (Fsp3) is 0.474. The minimum atomic E-state index is -0.154. The van der Waals surface area contributed by atoms with E-state index in [-0.39, 0.29) is 6.03 Å². The van der Waals surface area contributed by atoms with Crippen molar-refractivity contribution in [3.63, 3.8) is 0 Å². The molecule has 3 rings (SSSR count). The fourth-order valence-electron chi connectivity index (χ4n) is 3.34. The maximum Gasteiger partial charge on any atom is 0.319 e. The molecule has 134 valence electrons. The molecule has 2 aromatic rings. The zero-order valence-corrected chi connectivity index (χ0v) is 15.0. The van der Waals surface area contributed by atoms with Gasteiger partial charge in [0, 0.05) is 32.9 Å². The molecule has 6 heteroatoms. The molecular weight excluding hydrogens is 314 g/mol. The van der Waals surface area contributed by atoms with Crippen LogP contribution in [0.2, 0.25) is 0 Å².